The van der Waals surface area contributed by atoms with Gasteiger partial charge in [-0.2, -0.15) is 0 Å². The fourth-order valence-corrected chi connectivity index (χ4v) is 3.98. The first kappa shape index (κ1) is 20.3. The van der Waals surface area contributed by atoms with E-state index in [4.69, 9.17) is 0 Å². The van der Waals surface area contributed by atoms with E-state index in [9.17, 15) is 17.6 Å². The SMILES string of the molecule is CSc1ccccc1NC(=O)CCCN(c1ccccc1F)S(C)(=O)=O. The van der Waals surface area contributed by atoms with Crippen LogP contribution in [0, 0.1) is 5.82 Å². The van der Waals surface area contributed by atoms with Crippen LogP contribution in [0.15, 0.2) is 53.4 Å². The molecule has 5 nitrogen and oxygen atoms in total. The first-order chi connectivity index (χ1) is 12.3. The molecule has 0 unspecified atom stereocenters. The monoisotopic (exact) mass is 396 g/mol. The Kier molecular flexibility index (Phi) is 7.05. The van der Waals surface area contributed by atoms with Crippen LogP contribution in [0.3, 0.4) is 0 Å². The van der Waals surface area contributed by atoms with Gasteiger partial charge in [-0.25, -0.2) is 12.8 Å². The molecule has 0 spiro atoms. The third-order valence-corrected chi connectivity index (χ3v) is 5.64. The van der Waals surface area contributed by atoms with Gasteiger partial charge in [-0.05, 0) is 36.9 Å². The van der Waals surface area contributed by atoms with Crippen LogP contribution in [0.1, 0.15) is 12.8 Å². The number of benzene rings is 2. The summed E-state index contributed by atoms with van der Waals surface area (Å²) in [5.41, 5.74) is 0.710. The highest BCUT2D eigenvalue weighted by Crippen LogP contribution is 2.25. The molecule has 0 aromatic heterocycles. The topological polar surface area (TPSA) is 66.5 Å². The second kappa shape index (κ2) is 9.05. The number of hydrogen-bond donors (Lipinski definition) is 1. The number of anilines is 2. The molecular weight excluding hydrogens is 375 g/mol. The smallest absolute Gasteiger partial charge is 0.232 e. The molecule has 0 saturated heterocycles. The molecule has 0 bridgehead atoms. The lowest BCUT2D eigenvalue weighted by Crippen LogP contribution is -2.32. The standard InChI is InChI=1S/C18H21FN2O3S2/c1-25-17-11-6-4-9-15(17)20-18(22)12-7-13-21(26(2,23)24)16-10-5-3-8-14(16)19/h3-6,8-11H,7,12-13H2,1-2H3,(H,20,22). The van der Waals surface area contributed by atoms with E-state index < -0.39 is 15.8 Å². The average Bonchev–Trinajstić information content (AvgIpc) is 2.59. The minimum absolute atomic E-state index is 0.0110. The van der Waals surface area contributed by atoms with Crippen LogP contribution >= 0.6 is 11.8 Å². The molecule has 2 aromatic carbocycles. The summed E-state index contributed by atoms with van der Waals surface area (Å²) in [6.45, 7) is 0.0252. The molecular formula is C18H21FN2O3S2. The molecule has 8 heteroatoms. The van der Waals surface area contributed by atoms with E-state index in [1.54, 1.807) is 6.07 Å². The van der Waals surface area contributed by atoms with Gasteiger partial charge in [0.1, 0.15) is 5.82 Å². The lowest BCUT2D eigenvalue weighted by molar-refractivity contribution is -0.116. The van der Waals surface area contributed by atoms with Gasteiger partial charge in [0.25, 0.3) is 0 Å². The summed E-state index contributed by atoms with van der Waals surface area (Å²) in [5, 5.41) is 2.82. The van der Waals surface area contributed by atoms with Crippen LogP contribution < -0.4 is 9.62 Å². The molecule has 1 N–H and O–H groups in total. The Morgan fingerprint density at radius 2 is 1.81 bits per heavy atom. The van der Waals surface area contributed by atoms with Crippen LogP contribution in [0.2, 0.25) is 0 Å². The fraction of sp³-hybridized carbons (Fsp3) is 0.278. The maximum atomic E-state index is 13.9. The van der Waals surface area contributed by atoms with E-state index in [2.05, 4.69) is 5.32 Å². The van der Waals surface area contributed by atoms with Gasteiger partial charge in [-0.15, -0.1) is 11.8 Å². The van der Waals surface area contributed by atoms with Crippen molar-refractivity contribution in [3.8, 4) is 0 Å². The molecule has 1 amide bonds. The van der Waals surface area contributed by atoms with E-state index in [0.717, 1.165) is 21.1 Å². The van der Waals surface area contributed by atoms with E-state index in [-0.39, 0.29) is 31.0 Å². The van der Waals surface area contributed by atoms with Crippen LogP contribution in [0.5, 0.6) is 0 Å². The van der Waals surface area contributed by atoms with Gasteiger partial charge in [0.05, 0.1) is 17.6 Å². The molecule has 2 aromatic rings. The molecule has 0 aliphatic heterocycles. The Morgan fingerprint density at radius 3 is 2.46 bits per heavy atom. The minimum atomic E-state index is -3.65. The second-order valence-corrected chi connectivity index (χ2v) is 8.39. The van der Waals surface area contributed by atoms with Crippen molar-refractivity contribution in [2.75, 3.05) is 28.7 Å². The van der Waals surface area contributed by atoms with Crippen LogP contribution in [-0.2, 0) is 14.8 Å². The highest BCUT2D eigenvalue weighted by molar-refractivity contribution is 7.98. The first-order valence-corrected chi connectivity index (χ1v) is 11.1. The summed E-state index contributed by atoms with van der Waals surface area (Å²) >= 11 is 1.52. The van der Waals surface area contributed by atoms with Crippen molar-refractivity contribution in [3.05, 3.63) is 54.3 Å². The van der Waals surface area contributed by atoms with Crippen molar-refractivity contribution in [3.63, 3.8) is 0 Å². The summed E-state index contributed by atoms with van der Waals surface area (Å²) in [4.78, 5) is 13.1. The van der Waals surface area contributed by atoms with Gasteiger partial charge in [-0.1, -0.05) is 24.3 Å². The van der Waals surface area contributed by atoms with E-state index in [0.29, 0.717) is 0 Å². The van der Waals surface area contributed by atoms with Gasteiger partial charge < -0.3 is 5.32 Å². The van der Waals surface area contributed by atoms with Crippen molar-refractivity contribution in [1.82, 2.24) is 0 Å². The number of carbonyl (C=O) groups excluding carboxylic acids is 1. The van der Waals surface area contributed by atoms with Crippen LogP contribution in [0.4, 0.5) is 15.8 Å². The third kappa shape index (κ3) is 5.47. The highest BCUT2D eigenvalue weighted by Gasteiger charge is 2.20. The maximum absolute atomic E-state index is 13.9. The Hall–Kier alpha value is -2.06. The number of thioether (sulfide) groups is 1. The molecule has 0 aliphatic rings. The van der Waals surface area contributed by atoms with E-state index in [1.807, 2.05) is 30.5 Å². The molecule has 2 rings (SSSR count). The third-order valence-electron chi connectivity index (χ3n) is 3.67. The van der Waals surface area contributed by atoms with Crippen LogP contribution in [0.25, 0.3) is 0 Å². The number of sulfonamides is 1. The van der Waals surface area contributed by atoms with Gasteiger partial charge in [0.2, 0.25) is 15.9 Å². The number of amides is 1. The summed E-state index contributed by atoms with van der Waals surface area (Å²) in [5.74, 6) is -0.829. The minimum Gasteiger partial charge on any atom is -0.325 e. The quantitative estimate of drug-likeness (QED) is 0.691. The largest absolute Gasteiger partial charge is 0.325 e. The fourth-order valence-electron chi connectivity index (χ4n) is 2.46. The van der Waals surface area contributed by atoms with Crippen molar-refractivity contribution < 1.29 is 17.6 Å². The zero-order valence-corrected chi connectivity index (χ0v) is 16.2. The van der Waals surface area contributed by atoms with Crippen LogP contribution in [-0.4, -0.2) is 33.4 Å². The normalized spacial score (nSPS) is 11.2. The van der Waals surface area contributed by atoms with E-state index >= 15 is 0 Å². The number of rotatable bonds is 8. The summed E-state index contributed by atoms with van der Waals surface area (Å²) in [7, 11) is -3.65. The Balaban J connectivity index is 2.00. The highest BCUT2D eigenvalue weighted by atomic mass is 32.2. The molecule has 0 saturated carbocycles. The van der Waals surface area contributed by atoms with Gasteiger partial charge in [-0.3, -0.25) is 9.10 Å². The number of nitrogens with zero attached hydrogens (tertiary/aromatic N) is 1. The molecule has 0 aliphatic carbocycles. The lowest BCUT2D eigenvalue weighted by atomic mass is 10.2. The predicted octanol–water partition coefficient (Wildman–Crippen LogP) is 3.73. The zero-order chi connectivity index (χ0) is 19.2. The zero-order valence-electron chi connectivity index (χ0n) is 14.6. The Morgan fingerprint density at radius 1 is 1.15 bits per heavy atom. The molecule has 26 heavy (non-hydrogen) atoms. The van der Waals surface area contributed by atoms with Crippen molar-refractivity contribution in [2.45, 2.75) is 17.7 Å². The first-order valence-electron chi connectivity index (χ1n) is 7.98. The molecule has 140 valence electrons. The number of carbonyl (C=O) groups is 1. The summed E-state index contributed by atoms with van der Waals surface area (Å²) in [6, 6.07) is 13.1. The lowest BCUT2D eigenvalue weighted by Gasteiger charge is -2.22. The molecule has 0 atom stereocenters. The molecule has 0 heterocycles. The average molecular weight is 397 g/mol. The summed E-state index contributed by atoms with van der Waals surface area (Å²) in [6.07, 6.45) is 3.34. The van der Waals surface area contributed by atoms with Crippen molar-refractivity contribution in [1.29, 1.82) is 0 Å². The van der Waals surface area contributed by atoms with Gasteiger partial charge in [0.15, 0.2) is 0 Å². The number of hydrogen-bond acceptors (Lipinski definition) is 4. The second-order valence-electron chi connectivity index (χ2n) is 5.64. The Bertz CT molecular complexity index is 872. The van der Waals surface area contributed by atoms with Crippen molar-refractivity contribution in [2.24, 2.45) is 0 Å². The maximum Gasteiger partial charge on any atom is 0.232 e. The van der Waals surface area contributed by atoms with Gasteiger partial charge in [0, 0.05) is 17.9 Å². The van der Waals surface area contributed by atoms with Crippen molar-refractivity contribution >= 4 is 39.1 Å². The van der Waals surface area contributed by atoms with Gasteiger partial charge >= 0.3 is 0 Å². The predicted molar refractivity (Wildman–Crippen MR) is 105 cm³/mol. The number of halogens is 1. The number of nitrogens with one attached hydrogen (secondary N) is 1. The molecule has 0 fully saturated rings. The van der Waals surface area contributed by atoms with E-state index in [1.165, 1.54) is 30.0 Å². The molecule has 0 radical (unpaired) electrons. The number of para-hydroxylation sites is 2. The Labute approximate surface area is 157 Å². The summed E-state index contributed by atoms with van der Waals surface area (Å²) < 4.78 is 38.9.